The van der Waals surface area contributed by atoms with Crippen molar-refractivity contribution in [1.82, 2.24) is 20.4 Å². The standard InChI is InChI=1S/C15H23N5O5S2/c1-3-25-13(23)12(22)19-5-7-20(8-6-19)14-17-18-15(27-14)26-10-11(21)16-4-9-24-2/h3-10H2,1-2H3,(H,16,21). The molecule has 27 heavy (non-hydrogen) atoms. The highest BCUT2D eigenvalue weighted by atomic mass is 32.2. The fourth-order valence-electron chi connectivity index (χ4n) is 2.28. The minimum atomic E-state index is -0.815. The molecule has 0 atom stereocenters. The van der Waals surface area contributed by atoms with Gasteiger partial charge in [-0.05, 0) is 6.92 Å². The van der Waals surface area contributed by atoms with Crippen molar-refractivity contribution in [2.75, 3.05) is 63.7 Å². The van der Waals surface area contributed by atoms with Crippen molar-refractivity contribution in [3.05, 3.63) is 0 Å². The summed E-state index contributed by atoms with van der Waals surface area (Å²) in [7, 11) is 1.58. The molecule has 0 aromatic carbocycles. The number of thioether (sulfide) groups is 1. The van der Waals surface area contributed by atoms with Crippen LogP contribution < -0.4 is 10.2 Å². The van der Waals surface area contributed by atoms with Gasteiger partial charge in [0.1, 0.15) is 0 Å². The van der Waals surface area contributed by atoms with Gasteiger partial charge in [0.2, 0.25) is 11.0 Å². The highest BCUT2D eigenvalue weighted by Gasteiger charge is 2.28. The third kappa shape index (κ3) is 6.63. The summed E-state index contributed by atoms with van der Waals surface area (Å²) in [6, 6.07) is 0. The summed E-state index contributed by atoms with van der Waals surface area (Å²) in [6.07, 6.45) is 0. The molecule has 1 fully saturated rings. The fraction of sp³-hybridized carbons (Fsp3) is 0.667. The number of nitrogens with zero attached hydrogens (tertiary/aromatic N) is 4. The van der Waals surface area contributed by atoms with Crippen LogP contribution in [0.25, 0.3) is 0 Å². The monoisotopic (exact) mass is 417 g/mol. The van der Waals surface area contributed by atoms with Crippen molar-refractivity contribution in [2.24, 2.45) is 0 Å². The quantitative estimate of drug-likeness (QED) is 0.261. The van der Waals surface area contributed by atoms with Gasteiger partial charge in [0.05, 0.1) is 19.0 Å². The molecular weight excluding hydrogens is 394 g/mol. The molecule has 0 radical (unpaired) electrons. The van der Waals surface area contributed by atoms with Crippen molar-refractivity contribution in [1.29, 1.82) is 0 Å². The molecule has 1 aliphatic heterocycles. The van der Waals surface area contributed by atoms with Crippen LogP contribution in [0.1, 0.15) is 6.92 Å². The topological polar surface area (TPSA) is 114 Å². The van der Waals surface area contributed by atoms with E-state index < -0.39 is 11.9 Å². The zero-order valence-electron chi connectivity index (χ0n) is 15.3. The first-order chi connectivity index (χ1) is 13.0. The van der Waals surface area contributed by atoms with Crippen molar-refractivity contribution in [3.8, 4) is 0 Å². The van der Waals surface area contributed by atoms with E-state index in [1.54, 1.807) is 14.0 Å². The number of methoxy groups -OCH3 is 1. The predicted molar refractivity (Wildman–Crippen MR) is 101 cm³/mol. The summed E-state index contributed by atoms with van der Waals surface area (Å²) < 4.78 is 10.3. The van der Waals surface area contributed by atoms with Crippen LogP contribution in [-0.2, 0) is 23.9 Å². The Hall–Kier alpha value is -1.92. The number of anilines is 1. The number of hydrogen-bond donors (Lipinski definition) is 1. The van der Waals surface area contributed by atoms with Crippen molar-refractivity contribution in [3.63, 3.8) is 0 Å². The smallest absolute Gasteiger partial charge is 0.397 e. The van der Waals surface area contributed by atoms with E-state index in [9.17, 15) is 14.4 Å². The SMILES string of the molecule is CCOC(=O)C(=O)N1CCN(c2nnc(SCC(=O)NCCOC)s2)CC1. The number of nitrogens with one attached hydrogen (secondary N) is 1. The molecule has 1 N–H and O–H groups in total. The lowest BCUT2D eigenvalue weighted by Crippen LogP contribution is -2.51. The van der Waals surface area contributed by atoms with Gasteiger partial charge in [0, 0.05) is 39.8 Å². The highest BCUT2D eigenvalue weighted by molar-refractivity contribution is 8.01. The highest BCUT2D eigenvalue weighted by Crippen LogP contribution is 2.28. The Morgan fingerprint density at radius 3 is 2.63 bits per heavy atom. The Balaban J connectivity index is 1.76. The number of hydrogen-bond acceptors (Lipinski definition) is 10. The van der Waals surface area contributed by atoms with Gasteiger partial charge in [0.25, 0.3) is 0 Å². The lowest BCUT2D eigenvalue weighted by Gasteiger charge is -2.33. The second-order valence-corrected chi connectivity index (χ2v) is 7.66. The molecule has 0 saturated carbocycles. The molecule has 1 saturated heterocycles. The summed E-state index contributed by atoms with van der Waals surface area (Å²) in [5.74, 6) is -1.24. The van der Waals surface area contributed by atoms with Gasteiger partial charge >= 0.3 is 11.9 Å². The molecule has 12 heteroatoms. The Kier molecular flexibility index (Phi) is 8.75. The van der Waals surface area contributed by atoms with Crippen LogP contribution >= 0.6 is 23.1 Å². The Bertz CT molecular complexity index is 648. The molecule has 1 aliphatic rings. The minimum absolute atomic E-state index is 0.0834. The molecule has 2 amide bonds. The molecule has 0 bridgehead atoms. The first-order valence-electron chi connectivity index (χ1n) is 8.48. The number of carbonyl (C=O) groups excluding carboxylic acids is 3. The second kappa shape index (κ2) is 11.0. The summed E-state index contributed by atoms with van der Waals surface area (Å²) >= 11 is 2.73. The third-order valence-electron chi connectivity index (χ3n) is 3.64. The molecule has 10 nitrogen and oxygen atoms in total. The predicted octanol–water partition coefficient (Wildman–Crippen LogP) is -0.395. The zero-order chi connectivity index (χ0) is 19.6. The maximum absolute atomic E-state index is 11.9. The number of piperazine rings is 1. The van der Waals surface area contributed by atoms with Crippen LogP contribution in [0.15, 0.2) is 4.34 Å². The number of rotatable bonds is 8. The zero-order valence-corrected chi connectivity index (χ0v) is 16.9. The van der Waals surface area contributed by atoms with Crippen LogP contribution in [0.3, 0.4) is 0 Å². The van der Waals surface area contributed by atoms with E-state index in [0.717, 1.165) is 5.13 Å². The first kappa shape index (κ1) is 21.4. The van der Waals surface area contributed by atoms with Crippen LogP contribution in [0.5, 0.6) is 0 Å². The lowest BCUT2D eigenvalue weighted by molar-refractivity contribution is -0.160. The maximum atomic E-state index is 11.9. The molecular formula is C15H23N5O5S2. The Morgan fingerprint density at radius 2 is 1.96 bits per heavy atom. The summed E-state index contributed by atoms with van der Waals surface area (Å²) in [4.78, 5) is 38.6. The molecule has 0 unspecified atom stereocenters. The van der Waals surface area contributed by atoms with E-state index in [0.29, 0.717) is 43.7 Å². The molecule has 2 rings (SSSR count). The molecule has 1 aromatic heterocycles. The summed E-state index contributed by atoms with van der Waals surface area (Å²) in [5, 5.41) is 11.7. The molecule has 0 spiro atoms. The molecule has 0 aliphatic carbocycles. The van der Waals surface area contributed by atoms with Gasteiger partial charge in [-0.25, -0.2) is 4.79 Å². The van der Waals surface area contributed by atoms with E-state index in [-0.39, 0.29) is 18.3 Å². The fourth-order valence-corrected chi connectivity index (χ4v) is 4.00. The summed E-state index contributed by atoms with van der Waals surface area (Å²) in [5.41, 5.74) is 0. The van der Waals surface area contributed by atoms with Crippen LogP contribution in [0.4, 0.5) is 5.13 Å². The van der Waals surface area contributed by atoms with Gasteiger partial charge < -0.3 is 24.6 Å². The summed E-state index contributed by atoms with van der Waals surface area (Å²) in [6.45, 7) is 4.75. The number of esters is 1. The van der Waals surface area contributed by atoms with Gasteiger partial charge in [-0.3, -0.25) is 9.59 Å². The van der Waals surface area contributed by atoms with E-state index in [1.807, 2.05) is 4.90 Å². The van der Waals surface area contributed by atoms with Crippen LogP contribution in [0, 0.1) is 0 Å². The minimum Gasteiger partial charge on any atom is -0.459 e. The second-order valence-electron chi connectivity index (χ2n) is 5.48. The van der Waals surface area contributed by atoms with Gasteiger partial charge in [-0.15, -0.1) is 10.2 Å². The largest absolute Gasteiger partial charge is 0.459 e. The van der Waals surface area contributed by atoms with Gasteiger partial charge in [-0.2, -0.15) is 0 Å². The number of aromatic nitrogens is 2. The average molecular weight is 418 g/mol. The first-order valence-corrected chi connectivity index (χ1v) is 10.3. The van der Waals surface area contributed by atoms with Crippen molar-refractivity contribution >= 4 is 46.0 Å². The average Bonchev–Trinajstić information content (AvgIpc) is 3.15. The van der Waals surface area contributed by atoms with E-state index in [2.05, 4.69) is 15.5 Å². The van der Waals surface area contributed by atoms with E-state index >= 15 is 0 Å². The number of carbonyl (C=O) groups is 3. The van der Waals surface area contributed by atoms with Crippen molar-refractivity contribution < 1.29 is 23.9 Å². The maximum Gasteiger partial charge on any atom is 0.397 e. The Labute approximate surface area is 165 Å². The van der Waals surface area contributed by atoms with E-state index in [1.165, 1.54) is 28.0 Å². The van der Waals surface area contributed by atoms with E-state index in [4.69, 9.17) is 9.47 Å². The molecule has 2 heterocycles. The Morgan fingerprint density at radius 1 is 1.22 bits per heavy atom. The van der Waals surface area contributed by atoms with Gasteiger partial charge in [-0.1, -0.05) is 23.1 Å². The van der Waals surface area contributed by atoms with Crippen LogP contribution in [0.2, 0.25) is 0 Å². The van der Waals surface area contributed by atoms with Crippen LogP contribution in [-0.4, -0.2) is 91.7 Å². The lowest BCUT2D eigenvalue weighted by atomic mass is 10.3. The molecule has 1 aromatic rings. The number of ether oxygens (including phenoxy) is 2. The normalized spacial score (nSPS) is 14.1. The van der Waals surface area contributed by atoms with Gasteiger partial charge in [0.15, 0.2) is 4.34 Å². The number of amides is 2. The third-order valence-corrected chi connectivity index (χ3v) is 5.76. The van der Waals surface area contributed by atoms with Crippen molar-refractivity contribution in [2.45, 2.75) is 11.3 Å². The molecule has 150 valence electrons.